The van der Waals surface area contributed by atoms with E-state index in [9.17, 15) is 8.42 Å². The number of aliphatic hydroxyl groups excluding tert-OH is 1. The van der Waals surface area contributed by atoms with Crippen LogP contribution in [0, 0.1) is 0 Å². The maximum Gasteiger partial charge on any atom is 0.252 e. The maximum absolute atomic E-state index is 12.5. The number of sulfonamides is 1. The Morgan fingerprint density at radius 3 is 2.83 bits per heavy atom. The molecule has 2 atom stereocenters. The molecule has 0 bridgehead atoms. The largest absolute Gasteiger partial charge is 0.391 e. The van der Waals surface area contributed by atoms with E-state index in [0.717, 1.165) is 11.3 Å². The van der Waals surface area contributed by atoms with E-state index in [4.69, 9.17) is 9.84 Å². The quantitative estimate of drug-likeness (QED) is 0.903. The number of thiophene rings is 1. The van der Waals surface area contributed by atoms with Gasteiger partial charge in [0, 0.05) is 17.5 Å². The van der Waals surface area contributed by atoms with E-state index in [2.05, 4.69) is 0 Å². The number of rotatable bonds is 3. The van der Waals surface area contributed by atoms with Gasteiger partial charge in [-0.05, 0) is 26.0 Å². The van der Waals surface area contributed by atoms with E-state index in [1.807, 2.05) is 13.8 Å². The number of ether oxygens (including phenoxy) is 1. The van der Waals surface area contributed by atoms with Crippen LogP contribution in [0.4, 0.5) is 0 Å². The highest BCUT2D eigenvalue weighted by molar-refractivity contribution is 7.91. The molecule has 1 aromatic rings. The van der Waals surface area contributed by atoms with E-state index in [1.54, 1.807) is 12.1 Å². The standard InChI is InChI=1S/C11H17NO4S2/c1-8-7-16-9(2)5-12(8)18(14,15)11-4-3-10(6-13)17-11/h3-4,8-9,13H,5-7H2,1-2H3. The lowest BCUT2D eigenvalue weighted by atomic mass is 10.2. The van der Waals surface area contributed by atoms with Crippen LogP contribution in [0.15, 0.2) is 16.3 Å². The fourth-order valence-corrected chi connectivity index (χ4v) is 4.94. The van der Waals surface area contributed by atoms with E-state index in [0.29, 0.717) is 18.0 Å². The van der Waals surface area contributed by atoms with Crippen LogP contribution >= 0.6 is 11.3 Å². The van der Waals surface area contributed by atoms with E-state index >= 15 is 0 Å². The van der Waals surface area contributed by atoms with Gasteiger partial charge in [-0.15, -0.1) is 11.3 Å². The van der Waals surface area contributed by atoms with Gasteiger partial charge in [0.2, 0.25) is 0 Å². The van der Waals surface area contributed by atoms with Gasteiger partial charge in [0.05, 0.1) is 19.3 Å². The second kappa shape index (κ2) is 5.26. The average molecular weight is 291 g/mol. The molecule has 18 heavy (non-hydrogen) atoms. The minimum atomic E-state index is -3.47. The molecule has 1 saturated heterocycles. The lowest BCUT2D eigenvalue weighted by Crippen LogP contribution is -2.49. The zero-order valence-corrected chi connectivity index (χ0v) is 12.0. The van der Waals surface area contributed by atoms with Crippen molar-refractivity contribution < 1.29 is 18.3 Å². The molecule has 1 N–H and O–H groups in total. The monoisotopic (exact) mass is 291 g/mol. The highest BCUT2D eigenvalue weighted by Gasteiger charge is 2.34. The van der Waals surface area contributed by atoms with Crippen LogP contribution in [-0.2, 0) is 21.4 Å². The van der Waals surface area contributed by atoms with Gasteiger partial charge in [-0.25, -0.2) is 8.42 Å². The molecule has 0 amide bonds. The van der Waals surface area contributed by atoms with E-state index in [-0.39, 0.29) is 23.0 Å². The Kier molecular flexibility index (Phi) is 4.08. The van der Waals surface area contributed by atoms with Gasteiger partial charge in [0.1, 0.15) is 4.21 Å². The van der Waals surface area contributed by atoms with Crippen LogP contribution in [-0.4, -0.2) is 43.1 Å². The molecule has 1 aromatic heterocycles. The summed E-state index contributed by atoms with van der Waals surface area (Å²) in [4.78, 5) is 0.655. The summed E-state index contributed by atoms with van der Waals surface area (Å²) in [7, 11) is -3.47. The molecule has 1 aliphatic rings. The molecule has 5 nitrogen and oxygen atoms in total. The smallest absolute Gasteiger partial charge is 0.252 e. The van der Waals surface area contributed by atoms with Crippen LogP contribution < -0.4 is 0 Å². The Morgan fingerprint density at radius 1 is 1.50 bits per heavy atom. The van der Waals surface area contributed by atoms with Crippen molar-refractivity contribution >= 4 is 21.4 Å². The van der Waals surface area contributed by atoms with Gasteiger partial charge in [-0.3, -0.25) is 0 Å². The molecule has 0 aliphatic carbocycles. The zero-order chi connectivity index (χ0) is 13.3. The first-order valence-corrected chi connectivity index (χ1v) is 8.04. The van der Waals surface area contributed by atoms with Gasteiger partial charge in [-0.2, -0.15) is 4.31 Å². The Labute approximate surface area is 111 Å². The normalized spacial score (nSPS) is 26.4. The van der Waals surface area contributed by atoms with Gasteiger partial charge < -0.3 is 9.84 Å². The summed E-state index contributed by atoms with van der Waals surface area (Å²) in [6, 6.07) is 3.04. The molecule has 2 heterocycles. The number of hydrogen-bond acceptors (Lipinski definition) is 5. The summed E-state index contributed by atoms with van der Waals surface area (Å²) in [5.74, 6) is 0. The Morgan fingerprint density at radius 2 is 2.22 bits per heavy atom. The van der Waals surface area contributed by atoms with Gasteiger partial charge in [0.15, 0.2) is 0 Å². The Hall–Kier alpha value is -0.470. The SMILES string of the molecule is CC1CN(S(=O)(=O)c2ccc(CO)s2)C(C)CO1. The van der Waals surface area contributed by atoms with Crippen LogP contribution in [0.1, 0.15) is 18.7 Å². The topological polar surface area (TPSA) is 66.8 Å². The van der Waals surface area contributed by atoms with Gasteiger partial charge >= 0.3 is 0 Å². The fourth-order valence-electron chi connectivity index (χ4n) is 1.91. The first kappa shape index (κ1) is 14.0. The molecule has 2 unspecified atom stereocenters. The molecule has 0 saturated carbocycles. The molecule has 2 rings (SSSR count). The second-order valence-corrected chi connectivity index (χ2v) is 7.73. The summed E-state index contributed by atoms with van der Waals surface area (Å²) < 4.78 is 32.1. The molecule has 0 radical (unpaired) electrons. The molecule has 1 fully saturated rings. The Balaban J connectivity index is 2.29. The van der Waals surface area contributed by atoms with Crippen molar-refractivity contribution in [3.8, 4) is 0 Å². The van der Waals surface area contributed by atoms with Crippen molar-refractivity contribution in [2.24, 2.45) is 0 Å². The summed E-state index contributed by atoms with van der Waals surface area (Å²) in [5.41, 5.74) is 0. The van der Waals surface area contributed by atoms with Crippen molar-refractivity contribution in [3.63, 3.8) is 0 Å². The van der Waals surface area contributed by atoms with Gasteiger partial charge in [0.25, 0.3) is 10.0 Å². The lowest BCUT2D eigenvalue weighted by molar-refractivity contribution is -0.0170. The summed E-state index contributed by atoms with van der Waals surface area (Å²) >= 11 is 1.12. The third-order valence-electron chi connectivity index (χ3n) is 2.91. The zero-order valence-electron chi connectivity index (χ0n) is 10.4. The number of aliphatic hydroxyl groups is 1. The van der Waals surface area contributed by atoms with Crippen LogP contribution in [0.2, 0.25) is 0 Å². The predicted molar refractivity (Wildman–Crippen MR) is 69.0 cm³/mol. The molecule has 7 heteroatoms. The van der Waals surface area contributed by atoms with Crippen molar-refractivity contribution in [2.45, 2.75) is 36.8 Å². The van der Waals surface area contributed by atoms with Crippen LogP contribution in [0.5, 0.6) is 0 Å². The third-order valence-corrected chi connectivity index (χ3v) is 6.42. The van der Waals surface area contributed by atoms with Crippen molar-refractivity contribution in [3.05, 3.63) is 17.0 Å². The molecule has 0 spiro atoms. The molecule has 1 aliphatic heterocycles. The maximum atomic E-state index is 12.5. The fraction of sp³-hybridized carbons (Fsp3) is 0.636. The summed E-state index contributed by atoms with van der Waals surface area (Å²) in [5, 5.41) is 9.00. The first-order chi connectivity index (χ1) is 8.45. The lowest BCUT2D eigenvalue weighted by Gasteiger charge is -2.35. The number of hydrogen-bond donors (Lipinski definition) is 1. The molecule has 102 valence electrons. The van der Waals surface area contributed by atoms with Crippen molar-refractivity contribution in [1.29, 1.82) is 0 Å². The minimum Gasteiger partial charge on any atom is -0.391 e. The summed E-state index contributed by atoms with van der Waals surface area (Å²) in [6.07, 6.45) is -0.0896. The molecular weight excluding hydrogens is 274 g/mol. The first-order valence-electron chi connectivity index (χ1n) is 5.78. The molecule has 0 aromatic carbocycles. The highest BCUT2D eigenvalue weighted by Crippen LogP contribution is 2.28. The third kappa shape index (κ3) is 2.60. The van der Waals surface area contributed by atoms with E-state index in [1.165, 1.54) is 4.31 Å². The summed E-state index contributed by atoms with van der Waals surface area (Å²) in [6.45, 7) is 4.36. The van der Waals surface area contributed by atoms with Crippen LogP contribution in [0.25, 0.3) is 0 Å². The van der Waals surface area contributed by atoms with Crippen LogP contribution in [0.3, 0.4) is 0 Å². The number of nitrogens with zero attached hydrogens (tertiary/aromatic N) is 1. The number of morpholine rings is 1. The second-order valence-electron chi connectivity index (χ2n) is 4.45. The minimum absolute atomic E-state index is 0.0896. The predicted octanol–water partition coefficient (Wildman–Crippen LogP) is 1.04. The van der Waals surface area contributed by atoms with Crippen molar-refractivity contribution in [2.75, 3.05) is 13.2 Å². The molecular formula is C11H17NO4S2. The Bertz CT molecular complexity index is 511. The average Bonchev–Trinajstić information content (AvgIpc) is 2.81. The van der Waals surface area contributed by atoms with Gasteiger partial charge in [-0.1, -0.05) is 0 Å². The highest BCUT2D eigenvalue weighted by atomic mass is 32.2. The van der Waals surface area contributed by atoms with Crippen molar-refractivity contribution in [1.82, 2.24) is 4.31 Å². The van der Waals surface area contributed by atoms with E-state index < -0.39 is 10.0 Å².